The molecule has 1 aliphatic rings. The molecule has 0 unspecified atom stereocenters. The summed E-state index contributed by atoms with van der Waals surface area (Å²) in [5.74, 6) is -0.969. The molecule has 1 saturated heterocycles. The number of fused-ring (bicyclic) bond motifs is 1. The maximum Gasteiger partial charge on any atom is 0.443 e. The predicted molar refractivity (Wildman–Crippen MR) is 124 cm³/mol. The molecule has 2 aromatic heterocycles. The van der Waals surface area contributed by atoms with Crippen LogP contribution in [0.25, 0.3) is 10.2 Å². The maximum atomic E-state index is 13.2. The fourth-order valence-corrected chi connectivity index (χ4v) is 5.00. The summed E-state index contributed by atoms with van der Waals surface area (Å²) in [6.07, 6.45) is -1.09. The molecule has 2 atom stereocenters. The number of carbonyl (C=O) groups is 2. The van der Waals surface area contributed by atoms with Gasteiger partial charge in [-0.05, 0) is 54.5 Å². The summed E-state index contributed by atoms with van der Waals surface area (Å²) in [6, 6.07) is 6.11. The molecule has 0 saturated carbocycles. The number of hydrogen-bond acceptors (Lipinski definition) is 6. The van der Waals surface area contributed by atoms with Crippen molar-refractivity contribution in [3.63, 3.8) is 0 Å². The molecule has 0 bridgehead atoms. The van der Waals surface area contributed by atoms with Gasteiger partial charge in [0.1, 0.15) is 5.82 Å². The number of aromatic nitrogens is 2. The SMILES string of the molecule is CCc1cc(NC(=O)C(=O)N2C[C@H](C)CC[C@H]2c2ccc3sc(C(F)(F)F)nc3c2)cnc1N. The van der Waals surface area contributed by atoms with Gasteiger partial charge in [-0.3, -0.25) is 9.59 Å². The van der Waals surface area contributed by atoms with E-state index in [-0.39, 0.29) is 11.4 Å². The zero-order chi connectivity index (χ0) is 24.6. The molecule has 0 radical (unpaired) electrons. The minimum absolute atomic E-state index is 0.178. The molecule has 180 valence electrons. The molecule has 1 aromatic carbocycles. The van der Waals surface area contributed by atoms with Gasteiger partial charge in [0.05, 0.1) is 28.1 Å². The van der Waals surface area contributed by atoms with E-state index in [0.717, 1.165) is 12.0 Å². The highest BCUT2D eigenvalue weighted by Crippen LogP contribution is 2.38. The number of amides is 2. The molecule has 4 rings (SSSR count). The average Bonchev–Trinajstić information content (AvgIpc) is 3.24. The molecule has 3 N–H and O–H groups in total. The second-order valence-electron chi connectivity index (χ2n) is 8.48. The number of halogens is 3. The number of nitrogens with one attached hydrogen (secondary N) is 1. The first kappa shape index (κ1) is 23.9. The Bertz CT molecular complexity index is 1240. The standard InChI is InChI=1S/C23H24F3N5O2S/c1-3-13-8-15(10-28-19(13)27)29-20(32)21(33)31-11-12(2)4-6-17(31)14-5-7-18-16(9-14)30-22(34-18)23(24,25)26/h5,7-10,12,17H,3-4,6,11H2,1-2H3,(H2,27,28)(H,29,32)/t12-,17+/m1/s1. The van der Waals surface area contributed by atoms with E-state index in [9.17, 15) is 22.8 Å². The summed E-state index contributed by atoms with van der Waals surface area (Å²) >= 11 is 0.582. The number of carbonyl (C=O) groups excluding carboxylic acids is 2. The third kappa shape index (κ3) is 4.84. The summed E-state index contributed by atoms with van der Waals surface area (Å²) in [7, 11) is 0. The molecule has 3 aromatic rings. The van der Waals surface area contributed by atoms with Crippen LogP contribution in [-0.4, -0.2) is 33.2 Å². The van der Waals surface area contributed by atoms with Crippen LogP contribution in [0.1, 0.15) is 48.9 Å². The summed E-state index contributed by atoms with van der Waals surface area (Å²) in [6.45, 7) is 4.26. The van der Waals surface area contributed by atoms with E-state index in [4.69, 9.17) is 5.73 Å². The van der Waals surface area contributed by atoms with Crippen molar-refractivity contribution in [3.05, 3.63) is 46.6 Å². The van der Waals surface area contributed by atoms with E-state index in [2.05, 4.69) is 15.3 Å². The van der Waals surface area contributed by atoms with Crippen molar-refractivity contribution >= 4 is 44.9 Å². The Kier molecular flexibility index (Phi) is 6.48. The van der Waals surface area contributed by atoms with Crippen molar-refractivity contribution in [1.29, 1.82) is 0 Å². The van der Waals surface area contributed by atoms with Crippen LogP contribution in [0, 0.1) is 5.92 Å². The van der Waals surface area contributed by atoms with Gasteiger partial charge in [0.2, 0.25) is 0 Å². The summed E-state index contributed by atoms with van der Waals surface area (Å²) in [4.78, 5) is 35.2. The number of benzene rings is 1. The highest BCUT2D eigenvalue weighted by molar-refractivity contribution is 7.18. The number of nitrogens with two attached hydrogens (primary N) is 1. The molecule has 0 spiro atoms. The fourth-order valence-electron chi connectivity index (χ4n) is 4.18. The fraction of sp³-hybridized carbons (Fsp3) is 0.391. The number of piperidine rings is 1. The van der Waals surface area contributed by atoms with Gasteiger partial charge in [0.25, 0.3) is 0 Å². The van der Waals surface area contributed by atoms with Crippen molar-refractivity contribution < 1.29 is 22.8 Å². The lowest BCUT2D eigenvalue weighted by atomic mass is 9.89. The van der Waals surface area contributed by atoms with Crippen LogP contribution in [0.5, 0.6) is 0 Å². The van der Waals surface area contributed by atoms with Gasteiger partial charge in [-0.1, -0.05) is 19.9 Å². The maximum absolute atomic E-state index is 13.2. The Morgan fingerprint density at radius 3 is 2.74 bits per heavy atom. The number of likely N-dealkylation sites (tertiary alicyclic amines) is 1. The van der Waals surface area contributed by atoms with Crippen LogP contribution in [0.2, 0.25) is 0 Å². The predicted octanol–water partition coefficient (Wildman–Crippen LogP) is 4.79. The van der Waals surface area contributed by atoms with Crippen LogP contribution in [0.3, 0.4) is 0 Å². The quantitative estimate of drug-likeness (QED) is 0.513. The Hall–Kier alpha value is -3.21. The Balaban J connectivity index is 1.59. The Morgan fingerprint density at radius 2 is 2.03 bits per heavy atom. The number of aryl methyl sites for hydroxylation is 1. The van der Waals surface area contributed by atoms with Gasteiger partial charge in [0, 0.05) is 6.54 Å². The topological polar surface area (TPSA) is 101 Å². The van der Waals surface area contributed by atoms with Crippen molar-refractivity contribution in [1.82, 2.24) is 14.9 Å². The molecule has 34 heavy (non-hydrogen) atoms. The first-order chi connectivity index (χ1) is 16.1. The molecule has 3 heterocycles. The van der Waals surface area contributed by atoms with Gasteiger partial charge in [-0.2, -0.15) is 13.2 Å². The van der Waals surface area contributed by atoms with Gasteiger partial charge in [-0.15, -0.1) is 11.3 Å². The van der Waals surface area contributed by atoms with Crippen LogP contribution >= 0.6 is 11.3 Å². The lowest BCUT2D eigenvalue weighted by Crippen LogP contribution is -2.46. The van der Waals surface area contributed by atoms with E-state index in [1.165, 1.54) is 11.1 Å². The van der Waals surface area contributed by atoms with Gasteiger partial charge in [0.15, 0.2) is 5.01 Å². The number of thiazole rings is 1. The first-order valence-corrected chi connectivity index (χ1v) is 11.7. The van der Waals surface area contributed by atoms with E-state index in [1.54, 1.807) is 24.3 Å². The minimum atomic E-state index is -4.52. The van der Waals surface area contributed by atoms with Crippen LogP contribution in [0.4, 0.5) is 24.7 Å². The van der Waals surface area contributed by atoms with E-state index in [0.29, 0.717) is 52.5 Å². The number of rotatable bonds is 3. The monoisotopic (exact) mass is 491 g/mol. The average molecular weight is 492 g/mol. The molecular weight excluding hydrogens is 467 g/mol. The molecule has 7 nitrogen and oxygen atoms in total. The zero-order valence-electron chi connectivity index (χ0n) is 18.6. The number of hydrogen-bond donors (Lipinski definition) is 2. The lowest BCUT2D eigenvalue weighted by molar-refractivity contribution is -0.146. The van der Waals surface area contributed by atoms with Gasteiger partial charge < -0.3 is 16.0 Å². The number of nitrogen functional groups attached to an aromatic ring is 1. The number of nitrogens with zero attached hydrogens (tertiary/aromatic N) is 3. The van der Waals surface area contributed by atoms with Crippen molar-refractivity contribution in [2.24, 2.45) is 5.92 Å². The van der Waals surface area contributed by atoms with Crippen molar-refractivity contribution in [2.45, 2.75) is 45.3 Å². The zero-order valence-corrected chi connectivity index (χ0v) is 19.5. The van der Waals surface area contributed by atoms with Crippen LogP contribution in [0.15, 0.2) is 30.5 Å². The lowest BCUT2D eigenvalue weighted by Gasteiger charge is -2.38. The van der Waals surface area contributed by atoms with E-state index in [1.807, 2.05) is 13.8 Å². The molecule has 11 heteroatoms. The van der Waals surface area contributed by atoms with Gasteiger partial charge in [-0.25, -0.2) is 9.97 Å². The largest absolute Gasteiger partial charge is 0.443 e. The second-order valence-corrected chi connectivity index (χ2v) is 9.51. The normalized spacial score (nSPS) is 18.8. The van der Waals surface area contributed by atoms with Crippen molar-refractivity contribution in [2.75, 3.05) is 17.6 Å². The van der Waals surface area contributed by atoms with E-state index >= 15 is 0 Å². The third-order valence-corrected chi connectivity index (χ3v) is 7.03. The summed E-state index contributed by atoms with van der Waals surface area (Å²) in [5.41, 5.74) is 7.81. The smallest absolute Gasteiger partial charge is 0.383 e. The first-order valence-electron chi connectivity index (χ1n) is 10.9. The molecule has 0 aliphatic carbocycles. The molecule has 1 aliphatic heterocycles. The Labute approximate surface area is 198 Å². The highest BCUT2D eigenvalue weighted by Gasteiger charge is 2.36. The van der Waals surface area contributed by atoms with Crippen LogP contribution in [-0.2, 0) is 22.2 Å². The van der Waals surface area contributed by atoms with Crippen molar-refractivity contribution in [3.8, 4) is 0 Å². The molecular formula is C23H24F3N5O2S. The minimum Gasteiger partial charge on any atom is -0.383 e. The van der Waals surface area contributed by atoms with Gasteiger partial charge >= 0.3 is 18.0 Å². The highest BCUT2D eigenvalue weighted by atomic mass is 32.1. The van der Waals surface area contributed by atoms with E-state index < -0.39 is 29.0 Å². The summed E-state index contributed by atoms with van der Waals surface area (Å²) in [5, 5.41) is 1.68. The Morgan fingerprint density at radius 1 is 1.26 bits per heavy atom. The molecule has 1 fully saturated rings. The van der Waals surface area contributed by atoms with Crippen LogP contribution < -0.4 is 11.1 Å². The third-order valence-electron chi connectivity index (χ3n) is 5.95. The number of pyridine rings is 1. The summed E-state index contributed by atoms with van der Waals surface area (Å²) < 4.78 is 39.6. The second kappa shape index (κ2) is 9.21. The number of anilines is 2. The number of alkyl halides is 3. The molecule has 2 amide bonds.